The number of carbonyl (C=O) groups excluding carboxylic acids is 2. The van der Waals surface area contributed by atoms with Crippen LogP contribution in [-0.4, -0.2) is 76.2 Å². The molecule has 1 aliphatic carbocycles. The van der Waals surface area contributed by atoms with Crippen LogP contribution in [0.3, 0.4) is 0 Å². The number of carboxylic acid groups (broad SMARTS) is 1. The third-order valence-electron chi connectivity index (χ3n) is 7.64. The number of ether oxygens (including phenoxy) is 2. The monoisotopic (exact) mass is 482 g/mol. The van der Waals surface area contributed by atoms with E-state index < -0.39 is 31.0 Å². The Balaban J connectivity index is 1.60. The van der Waals surface area contributed by atoms with Gasteiger partial charge in [0.25, 0.3) is 6.29 Å². The Morgan fingerprint density at radius 3 is 2.41 bits per heavy atom. The highest BCUT2D eigenvalue weighted by molar-refractivity contribution is 6.40. The molecule has 4 atom stereocenters. The van der Waals surface area contributed by atoms with E-state index in [2.05, 4.69) is 5.32 Å². The van der Waals surface area contributed by atoms with Gasteiger partial charge in [0.1, 0.15) is 5.54 Å². The molecule has 1 amide bonds. The van der Waals surface area contributed by atoms with E-state index in [4.69, 9.17) is 19.5 Å². The van der Waals surface area contributed by atoms with Crippen molar-refractivity contribution in [3.8, 4) is 0 Å². The van der Waals surface area contributed by atoms with E-state index in [0.29, 0.717) is 38.8 Å². The topological polar surface area (TPSA) is 146 Å². The maximum absolute atomic E-state index is 13.1. The smallest absolute Gasteiger partial charge is 0.451 e. The van der Waals surface area contributed by atoms with Gasteiger partial charge in [-0.25, -0.2) is 4.79 Å². The molecule has 1 unspecified atom stereocenters. The van der Waals surface area contributed by atoms with Crippen LogP contribution in [0.5, 0.6) is 0 Å². The Bertz CT molecular complexity index is 730. The first kappa shape index (κ1) is 26.8. The van der Waals surface area contributed by atoms with Crippen LogP contribution in [0.25, 0.3) is 0 Å². The Labute approximate surface area is 201 Å². The van der Waals surface area contributed by atoms with Crippen molar-refractivity contribution in [1.82, 2.24) is 10.2 Å². The molecule has 3 rings (SSSR count). The fraction of sp³-hybridized carbons (Fsp3) is 0.870. The van der Waals surface area contributed by atoms with Gasteiger partial charge in [0.2, 0.25) is 0 Å². The molecule has 0 radical (unpaired) electrons. The summed E-state index contributed by atoms with van der Waals surface area (Å²) in [5.74, 6) is -1.91. The molecule has 3 aliphatic rings. The molecule has 34 heavy (non-hydrogen) atoms. The Morgan fingerprint density at radius 1 is 1.09 bits per heavy atom. The van der Waals surface area contributed by atoms with Crippen LogP contribution in [0, 0.1) is 17.8 Å². The zero-order chi connectivity index (χ0) is 24.9. The van der Waals surface area contributed by atoms with Crippen LogP contribution in [0.2, 0.25) is 6.32 Å². The number of unbranched alkanes of at least 4 members (excludes halogenated alkanes) is 1. The lowest BCUT2D eigenvalue weighted by Gasteiger charge is -2.31. The minimum absolute atomic E-state index is 0.146. The van der Waals surface area contributed by atoms with Gasteiger partial charge in [-0.05, 0) is 32.0 Å². The van der Waals surface area contributed by atoms with Crippen molar-refractivity contribution < 1.29 is 39.0 Å². The average Bonchev–Trinajstić information content (AvgIpc) is 3.38. The summed E-state index contributed by atoms with van der Waals surface area (Å²) in [6.07, 6.45) is 5.24. The molecule has 1 saturated carbocycles. The van der Waals surface area contributed by atoms with Crippen molar-refractivity contribution in [2.24, 2.45) is 17.8 Å². The van der Waals surface area contributed by atoms with E-state index in [9.17, 15) is 19.5 Å². The maximum Gasteiger partial charge on any atom is 0.451 e. The molecule has 2 aliphatic heterocycles. The van der Waals surface area contributed by atoms with Crippen molar-refractivity contribution in [1.29, 1.82) is 0 Å². The minimum Gasteiger partial charge on any atom is -0.480 e. The van der Waals surface area contributed by atoms with Gasteiger partial charge in [-0.2, -0.15) is 0 Å². The number of rotatable bonds is 10. The van der Waals surface area contributed by atoms with Gasteiger partial charge in [0.15, 0.2) is 0 Å². The lowest BCUT2D eigenvalue weighted by atomic mass is 9.77. The fourth-order valence-electron chi connectivity index (χ4n) is 5.68. The van der Waals surface area contributed by atoms with Crippen LogP contribution in [0.4, 0.5) is 4.79 Å². The molecular formula is C23H39BN2O8. The number of nitrogens with one attached hydrogen (secondary N) is 1. The number of aliphatic carboxylic acids is 1. The number of hydrogen-bond acceptors (Lipinski definition) is 8. The number of nitrogens with zero attached hydrogens (tertiary/aromatic N) is 1. The molecule has 0 bridgehead atoms. The number of fused-ring (bicyclic) bond motifs is 1. The number of carbonyl (C=O) groups is 3. The first-order valence-corrected chi connectivity index (χ1v) is 12.7. The lowest BCUT2D eigenvalue weighted by molar-refractivity contribution is -0.182. The predicted molar refractivity (Wildman–Crippen MR) is 124 cm³/mol. The Hall–Kier alpha value is -1.85. The van der Waals surface area contributed by atoms with Crippen molar-refractivity contribution in [2.45, 2.75) is 95.8 Å². The number of carboxylic acids is 1. The number of amides is 1. The minimum atomic E-state index is -1.40. The zero-order valence-corrected chi connectivity index (χ0v) is 20.3. The molecule has 2 saturated heterocycles. The van der Waals surface area contributed by atoms with Gasteiger partial charge in [0.05, 0.1) is 12.0 Å². The van der Waals surface area contributed by atoms with Gasteiger partial charge in [-0.15, -0.1) is 0 Å². The van der Waals surface area contributed by atoms with E-state index in [0.717, 1.165) is 32.1 Å². The predicted octanol–water partition coefficient (Wildman–Crippen LogP) is 1.99. The molecule has 3 fully saturated rings. The normalized spacial score (nSPS) is 28.0. The Kier molecular flexibility index (Phi) is 9.23. The third kappa shape index (κ3) is 6.04. The summed E-state index contributed by atoms with van der Waals surface area (Å²) in [4.78, 5) is 39.5. The first-order valence-electron chi connectivity index (χ1n) is 12.7. The quantitative estimate of drug-likeness (QED) is 0.159. The zero-order valence-electron chi connectivity index (χ0n) is 20.3. The summed E-state index contributed by atoms with van der Waals surface area (Å²) < 4.78 is 11.2. The van der Waals surface area contributed by atoms with Gasteiger partial charge < -0.3 is 29.5 Å². The maximum atomic E-state index is 13.1. The van der Waals surface area contributed by atoms with Crippen LogP contribution >= 0.6 is 0 Å². The summed E-state index contributed by atoms with van der Waals surface area (Å²) in [5, 5.41) is 31.2. The molecule has 10 nitrogen and oxygen atoms in total. The molecule has 192 valence electrons. The SMILES string of the molecule is CC(C)C(OC(=O)C1CCCCC1)OC(=O)N1CC[C@H]2[C@@H]1CN[C@@]2(CCCCB(O)O)C(=O)O. The molecule has 4 N–H and O–H groups in total. The summed E-state index contributed by atoms with van der Waals surface area (Å²) in [6, 6.07) is -0.325. The number of likely N-dealkylation sites (tertiary alicyclic amines) is 1. The van der Waals surface area contributed by atoms with Gasteiger partial charge in [-0.1, -0.05) is 46.0 Å². The van der Waals surface area contributed by atoms with Crippen LogP contribution in [0.1, 0.15) is 71.6 Å². The second-order valence-corrected chi connectivity index (χ2v) is 10.3. The van der Waals surface area contributed by atoms with Crippen molar-refractivity contribution in [3.63, 3.8) is 0 Å². The second-order valence-electron chi connectivity index (χ2n) is 10.3. The molecule has 0 aromatic carbocycles. The van der Waals surface area contributed by atoms with Crippen LogP contribution in [-0.2, 0) is 19.1 Å². The fourth-order valence-corrected chi connectivity index (χ4v) is 5.68. The molecule has 0 spiro atoms. The van der Waals surface area contributed by atoms with E-state index in [-0.39, 0.29) is 36.1 Å². The van der Waals surface area contributed by atoms with E-state index >= 15 is 0 Å². The van der Waals surface area contributed by atoms with Gasteiger partial charge >= 0.3 is 25.2 Å². The van der Waals surface area contributed by atoms with Crippen molar-refractivity contribution >= 4 is 25.2 Å². The molecule has 0 aromatic heterocycles. The number of hydrogen-bond donors (Lipinski definition) is 4. The molecule has 2 heterocycles. The largest absolute Gasteiger partial charge is 0.480 e. The first-order chi connectivity index (χ1) is 16.2. The Morgan fingerprint density at radius 2 is 1.79 bits per heavy atom. The van der Waals surface area contributed by atoms with E-state index in [1.165, 1.54) is 0 Å². The highest BCUT2D eigenvalue weighted by Crippen LogP contribution is 2.41. The van der Waals surface area contributed by atoms with E-state index in [1.54, 1.807) is 4.90 Å². The summed E-state index contributed by atoms with van der Waals surface area (Å²) >= 11 is 0. The van der Waals surface area contributed by atoms with E-state index in [1.807, 2.05) is 13.8 Å². The third-order valence-corrected chi connectivity index (χ3v) is 7.64. The second kappa shape index (κ2) is 11.7. The van der Waals surface area contributed by atoms with Crippen LogP contribution in [0.15, 0.2) is 0 Å². The van der Waals surface area contributed by atoms with Crippen molar-refractivity contribution in [2.75, 3.05) is 13.1 Å². The summed E-state index contributed by atoms with van der Waals surface area (Å²) in [6.45, 7) is 4.37. The summed E-state index contributed by atoms with van der Waals surface area (Å²) in [5.41, 5.74) is -1.16. The van der Waals surface area contributed by atoms with Gasteiger partial charge in [-0.3, -0.25) is 14.9 Å². The lowest BCUT2D eigenvalue weighted by Crippen LogP contribution is -2.52. The number of esters is 1. The van der Waals surface area contributed by atoms with Gasteiger partial charge in [0, 0.05) is 24.9 Å². The van der Waals surface area contributed by atoms with Crippen molar-refractivity contribution in [3.05, 3.63) is 0 Å². The molecule has 0 aromatic rings. The summed E-state index contributed by atoms with van der Waals surface area (Å²) in [7, 11) is -1.40. The highest BCUT2D eigenvalue weighted by Gasteiger charge is 2.58. The standard InChI is InChI=1S/C23H39BN2O8/c1-15(2)20(33-19(27)16-8-4-3-5-9-16)34-22(30)26-13-10-17-18(26)14-25-23(17,21(28)29)11-6-7-12-24(31)32/h15-18,20,25,31-32H,3-14H2,1-2H3,(H,28,29)/t17-,18-,20?,23+/m0/s1. The molecular weight excluding hydrogens is 443 g/mol. The highest BCUT2D eigenvalue weighted by atomic mass is 16.7. The molecule has 11 heteroatoms. The average molecular weight is 482 g/mol. The van der Waals surface area contributed by atoms with Crippen LogP contribution < -0.4 is 5.32 Å².